The summed E-state index contributed by atoms with van der Waals surface area (Å²) >= 11 is 0. The first-order valence-electron chi connectivity index (χ1n) is 6.51. The van der Waals surface area contributed by atoms with Crippen molar-refractivity contribution in [1.82, 2.24) is 5.32 Å². The van der Waals surface area contributed by atoms with Crippen LogP contribution in [-0.2, 0) is 14.6 Å². The Bertz CT molecular complexity index is 431. The topological polar surface area (TPSA) is 83.5 Å². The summed E-state index contributed by atoms with van der Waals surface area (Å²) in [6.07, 6.45) is 2.41. The third kappa shape index (κ3) is 2.54. The number of hydrogen-bond donors (Lipinski definition) is 2. The number of carboxylic acids is 1. The lowest BCUT2D eigenvalue weighted by Crippen LogP contribution is -2.61. The molecule has 1 saturated carbocycles. The molecule has 0 aromatic rings. The van der Waals surface area contributed by atoms with Crippen molar-refractivity contribution in [1.29, 1.82) is 0 Å². The van der Waals surface area contributed by atoms with Gasteiger partial charge in [0.1, 0.15) is 6.04 Å². The maximum Gasteiger partial charge on any atom is 0.321 e. The zero-order chi connectivity index (χ0) is 13.5. The quantitative estimate of drug-likeness (QED) is 0.773. The van der Waals surface area contributed by atoms with Crippen molar-refractivity contribution in [2.75, 3.05) is 5.75 Å². The van der Waals surface area contributed by atoms with Crippen molar-refractivity contribution in [3.63, 3.8) is 0 Å². The summed E-state index contributed by atoms with van der Waals surface area (Å²) in [5, 5.41) is 11.6. The molecule has 2 rings (SSSR count). The molecular weight excluding hydrogens is 254 g/mol. The van der Waals surface area contributed by atoms with Gasteiger partial charge in [-0.1, -0.05) is 13.8 Å². The van der Waals surface area contributed by atoms with Gasteiger partial charge in [-0.15, -0.1) is 0 Å². The molecular formula is C12H21NO4S. The minimum atomic E-state index is -3.29. The van der Waals surface area contributed by atoms with E-state index in [1.807, 2.05) is 0 Å². The minimum Gasteiger partial charge on any atom is -0.480 e. The lowest BCUT2D eigenvalue weighted by atomic mass is 9.79. The minimum absolute atomic E-state index is 0.181. The second-order valence-electron chi connectivity index (χ2n) is 5.85. The van der Waals surface area contributed by atoms with Crippen LogP contribution in [-0.4, -0.2) is 42.6 Å². The first-order valence-corrected chi connectivity index (χ1v) is 8.23. The van der Waals surface area contributed by atoms with E-state index in [9.17, 15) is 13.2 Å². The lowest BCUT2D eigenvalue weighted by Gasteiger charge is -2.42. The molecule has 4 unspecified atom stereocenters. The third-order valence-electron chi connectivity index (χ3n) is 4.35. The number of fused-ring (bicyclic) bond motifs is 1. The van der Waals surface area contributed by atoms with Gasteiger partial charge < -0.3 is 5.11 Å². The fraction of sp³-hybridized carbons (Fsp3) is 0.917. The maximum absolute atomic E-state index is 12.2. The van der Waals surface area contributed by atoms with Gasteiger partial charge in [-0.3, -0.25) is 10.1 Å². The molecule has 1 saturated heterocycles. The number of carbonyl (C=O) groups is 1. The highest BCUT2D eigenvalue weighted by molar-refractivity contribution is 7.92. The molecule has 2 N–H and O–H groups in total. The second kappa shape index (κ2) is 4.81. The SMILES string of the molecule is CC(C)C1CCC2NC(C(=O)O)CS(=O)(=O)C2C1. The van der Waals surface area contributed by atoms with E-state index in [1.165, 1.54) is 0 Å². The van der Waals surface area contributed by atoms with E-state index in [-0.39, 0.29) is 11.8 Å². The zero-order valence-electron chi connectivity index (χ0n) is 10.8. The van der Waals surface area contributed by atoms with Crippen molar-refractivity contribution in [3.8, 4) is 0 Å². The molecule has 4 atom stereocenters. The Balaban J connectivity index is 2.18. The highest BCUT2D eigenvalue weighted by atomic mass is 32.2. The Morgan fingerprint density at radius 1 is 1.33 bits per heavy atom. The average Bonchev–Trinajstić information content (AvgIpc) is 2.27. The first kappa shape index (κ1) is 13.8. The molecule has 6 heteroatoms. The van der Waals surface area contributed by atoms with Crippen molar-refractivity contribution in [3.05, 3.63) is 0 Å². The highest BCUT2D eigenvalue weighted by Crippen LogP contribution is 2.35. The van der Waals surface area contributed by atoms with E-state index in [1.54, 1.807) is 0 Å². The standard InChI is InChI=1S/C12H21NO4S/c1-7(2)8-3-4-9-11(5-8)18(16,17)6-10(13-9)12(14)15/h7-11,13H,3-6H2,1-2H3,(H,14,15). The number of sulfone groups is 1. The summed E-state index contributed by atoms with van der Waals surface area (Å²) in [6.45, 7) is 4.24. The fourth-order valence-corrected chi connectivity index (χ4v) is 5.36. The first-order chi connectivity index (χ1) is 8.31. The molecule has 18 heavy (non-hydrogen) atoms. The summed E-state index contributed by atoms with van der Waals surface area (Å²) in [4.78, 5) is 11.0. The largest absolute Gasteiger partial charge is 0.480 e. The number of aliphatic carboxylic acids is 1. The number of rotatable bonds is 2. The van der Waals surface area contributed by atoms with Crippen molar-refractivity contribution < 1.29 is 18.3 Å². The van der Waals surface area contributed by atoms with Crippen molar-refractivity contribution in [2.45, 2.75) is 50.4 Å². The van der Waals surface area contributed by atoms with E-state index >= 15 is 0 Å². The van der Waals surface area contributed by atoms with E-state index in [0.717, 1.165) is 12.8 Å². The normalized spacial score (nSPS) is 39.3. The molecule has 0 aromatic carbocycles. The predicted octanol–water partition coefficient (Wildman–Crippen LogP) is 0.651. The van der Waals surface area contributed by atoms with Crippen LogP contribution in [0.25, 0.3) is 0 Å². The van der Waals surface area contributed by atoms with E-state index in [2.05, 4.69) is 19.2 Å². The highest BCUT2D eigenvalue weighted by Gasteiger charge is 2.46. The van der Waals surface area contributed by atoms with Gasteiger partial charge in [-0.2, -0.15) is 0 Å². The molecule has 0 aromatic heterocycles. The van der Waals surface area contributed by atoms with Gasteiger partial charge in [-0.25, -0.2) is 8.42 Å². The van der Waals surface area contributed by atoms with Gasteiger partial charge in [-0.05, 0) is 31.1 Å². The molecule has 0 radical (unpaired) electrons. The van der Waals surface area contributed by atoms with Gasteiger partial charge in [0.25, 0.3) is 0 Å². The summed E-state index contributed by atoms with van der Waals surface area (Å²) < 4.78 is 24.4. The van der Waals surface area contributed by atoms with Crippen LogP contribution in [0.3, 0.4) is 0 Å². The van der Waals surface area contributed by atoms with Crippen molar-refractivity contribution in [2.24, 2.45) is 11.8 Å². The summed E-state index contributed by atoms with van der Waals surface area (Å²) in [7, 11) is -3.29. The Labute approximate surface area is 108 Å². The Hall–Kier alpha value is -0.620. The van der Waals surface area contributed by atoms with Crippen LogP contribution in [0.4, 0.5) is 0 Å². The average molecular weight is 275 g/mol. The molecule has 0 spiro atoms. The Morgan fingerprint density at radius 3 is 2.56 bits per heavy atom. The molecule has 0 bridgehead atoms. The van der Waals surface area contributed by atoms with Crippen LogP contribution in [0.15, 0.2) is 0 Å². The zero-order valence-corrected chi connectivity index (χ0v) is 11.6. The van der Waals surface area contributed by atoms with Crippen LogP contribution in [0.5, 0.6) is 0 Å². The number of carboxylic acid groups (broad SMARTS) is 1. The van der Waals surface area contributed by atoms with Gasteiger partial charge in [0.2, 0.25) is 0 Å². The van der Waals surface area contributed by atoms with Crippen LogP contribution in [0.1, 0.15) is 33.1 Å². The van der Waals surface area contributed by atoms with Crippen LogP contribution >= 0.6 is 0 Å². The van der Waals surface area contributed by atoms with Gasteiger partial charge in [0.15, 0.2) is 9.84 Å². The summed E-state index contributed by atoms with van der Waals surface area (Å²) in [6, 6.07) is -1.12. The molecule has 1 heterocycles. The molecule has 1 aliphatic carbocycles. The summed E-state index contributed by atoms with van der Waals surface area (Å²) in [5.74, 6) is -0.417. The van der Waals surface area contributed by atoms with Crippen LogP contribution < -0.4 is 5.32 Å². The van der Waals surface area contributed by atoms with Crippen LogP contribution in [0, 0.1) is 11.8 Å². The van der Waals surface area contributed by atoms with Crippen LogP contribution in [0.2, 0.25) is 0 Å². The smallest absolute Gasteiger partial charge is 0.321 e. The molecule has 0 amide bonds. The van der Waals surface area contributed by atoms with Gasteiger partial charge in [0.05, 0.1) is 11.0 Å². The van der Waals surface area contributed by atoms with Gasteiger partial charge >= 0.3 is 5.97 Å². The van der Waals surface area contributed by atoms with E-state index in [0.29, 0.717) is 18.3 Å². The predicted molar refractivity (Wildman–Crippen MR) is 68.1 cm³/mol. The molecule has 2 aliphatic rings. The maximum atomic E-state index is 12.2. The molecule has 1 aliphatic heterocycles. The Kier molecular flexibility index (Phi) is 3.69. The van der Waals surface area contributed by atoms with E-state index < -0.39 is 27.1 Å². The van der Waals surface area contributed by atoms with Gasteiger partial charge in [0, 0.05) is 6.04 Å². The number of hydrogen-bond acceptors (Lipinski definition) is 4. The lowest BCUT2D eigenvalue weighted by molar-refractivity contribution is -0.139. The third-order valence-corrected chi connectivity index (χ3v) is 6.59. The van der Waals surface area contributed by atoms with E-state index in [4.69, 9.17) is 5.11 Å². The van der Waals surface area contributed by atoms with Crippen molar-refractivity contribution >= 4 is 15.8 Å². The second-order valence-corrected chi connectivity index (χ2v) is 8.11. The Morgan fingerprint density at radius 2 is 2.00 bits per heavy atom. The fourth-order valence-electron chi connectivity index (χ4n) is 3.16. The molecule has 104 valence electrons. The monoisotopic (exact) mass is 275 g/mol. The number of nitrogens with one attached hydrogen (secondary N) is 1. The molecule has 5 nitrogen and oxygen atoms in total. The molecule has 2 fully saturated rings. The summed E-state index contributed by atoms with van der Waals surface area (Å²) in [5.41, 5.74) is 0.